The van der Waals surface area contributed by atoms with E-state index in [4.69, 9.17) is 22.1 Å². The van der Waals surface area contributed by atoms with E-state index in [1.54, 1.807) is 18.2 Å². The highest BCUT2D eigenvalue weighted by Gasteiger charge is 2.06. The molecule has 1 rings (SSSR count). The van der Waals surface area contributed by atoms with Gasteiger partial charge in [-0.3, -0.25) is 4.79 Å². The zero-order chi connectivity index (χ0) is 15.0. The van der Waals surface area contributed by atoms with Crippen LogP contribution in [-0.4, -0.2) is 19.1 Å². The SMILES string of the molecule is CCCC(C)COCCC(=O)Nc1ccc(Cl)cc1N. The Kier molecular flexibility index (Phi) is 7.41. The zero-order valence-corrected chi connectivity index (χ0v) is 12.9. The fourth-order valence-corrected chi connectivity index (χ4v) is 2.07. The number of nitrogens with one attached hydrogen (secondary N) is 1. The van der Waals surface area contributed by atoms with Gasteiger partial charge in [0.25, 0.3) is 0 Å². The maximum absolute atomic E-state index is 11.7. The largest absolute Gasteiger partial charge is 0.397 e. The molecule has 0 aliphatic heterocycles. The fraction of sp³-hybridized carbons (Fsp3) is 0.533. The van der Waals surface area contributed by atoms with Crippen LogP contribution in [0.5, 0.6) is 0 Å². The third-order valence-electron chi connectivity index (χ3n) is 2.95. The molecule has 1 aromatic carbocycles. The molecule has 1 unspecified atom stereocenters. The number of nitrogens with two attached hydrogens (primary N) is 1. The molecule has 1 amide bonds. The maximum atomic E-state index is 11.7. The molecule has 0 heterocycles. The molecular weight excluding hydrogens is 276 g/mol. The summed E-state index contributed by atoms with van der Waals surface area (Å²) in [7, 11) is 0. The predicted molar refractivity (Wildman–Crippen MR) is 84.0 cm³/mol. The summed E-state index contributed by atoms with van der Waals surface area (Å²) in [5, 5.41) is 3.30. The van der Waals surface area contributed by atoms with E-state index in [-0.39, 0.29) is 5.91 Å². The number of nitrogen functional groups attached to an aromatic ring is 1. The van der Waals surface area contributed by atoms with Gasteiger partial charge in [0.05, 0.1) is 24.4 Å². The van der Waals surface area contributed by atoms with E-state index in [9.17, 15) is 4.79 Å². The second-order valence-corrected chi connectivity index (χ2v) is 5.43. The van der Waals surface area contributed by atoms with Crippen molar-refractivity contribution in [3.05, 3.63) is 23.2 Å². The number of ether oxygens (including phenoxy) is 1. The lowest BCUT2D eigenvalue weighted by Gasteiger charge is -2.11. The zero-order valence-electron chi connectivity index (χ0n) is 12.1. The van der Waals surface area contributed by atoms with Gasteiger partial charge < -0.3 is 15.8 Å². The minimum atomic E-state index is -0.109. The molecule has 4 nitrogen and oxygen atoms in total. The molecule has 0 aliphatic rings. The quantitative estimate of drug-likeness (QED) is 0.568. The van der Waals surface area contributed by atoms with Crippen molar-refractivity contribution in [1.29, 1.82) is 0 Å². The molecule has 1 atom stereocenters. The lowest BCUT2D eigenvalue weighted by molar-refractivity contribution is -0.117. The molecule has 0 saturated carbocycles. The summed E-state index contributed by atoms with van der Waals surface area (Å²) >= 11 is 5.80. The lowest BCUT2D eigenvalue weighted by Crippen LogP contribution is -2.16. The van der Waals surface area contributed by atoms with Gasteiger partial charge >= 0.3 is 0 Å². The highest BCUT2D eigenvalue weighted by Crippen LogP contribution is 2.22. The normalized spacial score (nSPS) is 12.2. The second-order valence-electron chi connectivity index (χ2n) is 5.00. The third kappa shape index (κ3) is 6.26. The molecule has 20 heavy (non-hydrogen) atoms. The van der Waals surface area contributed by atoms with Gasteiger partial charge in [0.1, 0.15) is 0 Å². The summed E-state index contributed by atoms with van der Waals surface area (Å²) in [6.07, 6.45) is 2.62. The van der Waals surface area contributed by atoms with Crippen LogP contribution in [0.2, 0.25) is 5.02 Å². The van der Waals surface area contributed by atoms with Gasteiger partial charge in [-0.05, 0) is 30.5 Å². The van der Waals surface area contributed by atoms with Crippen LogP contribution < -0.4 is 11.1 Å². The summed E-state index contributed by atoms with van der Waals surface area (Å²) < 4.78 is 5.49. The van der Waals surface area contributed by atoms with Gasteiger partial charge in [0.2, 0.25) is 5.91 Å². The van der Waals surface area contributed by atoms with E-state index in [0.717, 1.165) is 12.8 Å². The van der Waals surface area contributed by atoms with Gasteiger partial charge in [0.15, 0.2) is 0 Å². The Morgan fingerprint density at radius 2 is 2.25 bits per heavy atom. The van der Waals surface area contributed by atoms with Crippen molar-refractivity contribution < 1.29 is 9.53 Å². The number of halogens is 1. The molecule has 0 aromatic heterocycles. The minimum Gasteiger partial charge on any atom is -0.397 e. The molecule has 112 valence electrons. The Morgan fingerprint density at radius 3 is 2.90 bits per heavy atom. The van der Waals surface area contributed by atoms with Crippen LogP contribution in [0.3, 0.4) is 0 Å². The fourth-order valence-electron chi connectivity index (χ4n) is 1.89. The first-order valence-electron chi connectivity index (χ1n) is 6.95. The number of carbonyl (C=O) groups is 1. The summed E-state index contributed by atoms with van der Waals surface area (Å²) in [6, 6.07) is 5.00. The minimum absolute atomic E-state index is 0.109. The van der Waals surface area contributed by atoms with E-state index >= 15 is 0 Å². The van der Waals surface area contributed by atoms with Crippen molar-refractivity contribution in [3.8, 4) is 0 Å². The average molecular weight is 299 g/mol. The number of carbonyl (C=O) groups excluding carboxylic acids is 1. The molecule has 0 bridgehead atoms. The Hall–Kier alpha value is -1.26. The van der Waals surface area contributed by atoms with Crippen LogP contribution in [0.1, 0.15) is 33.1 Å². The number of rotatable bonds is 8. The van der Waals surface area contributed by atoms with E-state index < -0.39 is 0 Å². The Bertz CT molecular complexity index is 438. The van der Waals surface area contributed by atoms with Gasteiger partial charge in [-0.25, -0.2) is 0 Å². The van der Waals surface area contributed by atoms with Crippen LogP contribution in [0.15, 0.2) is 18.2 Å². The van der Waals surface area contributed by atoms with E-state index in [1.165, 1.54) is 0 Å². The maximum Gasteiger partial charge on any atom is 0.226 e. The van der Waals surface area contributed by atoms with Crippen LogP contribution in [0.25, 0.3) is 0 Å². The van der Waals surface area contributed by atoms with Crippen molar-refractivity contribution in [1.82, 2.24) is 0 Å². The van der Waals surface area contributed by atoms with Crippen molar-refractivity contribution in [2.24, 2.45) is 5.92 Å². The van der Waals surface area contributed by atoms with Crippen molar-refractivity contribution in [2.45, 2.75) is 33.1 Å². The van der Waals surface area contributed by atoms with Crippen LogP contribution in [-0.2, 0) is 9.53 Å². The standard InChI is InChI=1S/C15H23ClN2O2/c1-3-4-11(2)10-20-8-7-15(19)18-14-6-5-12(16)9-13(14)17/h5-6,9,11H,3-4,7-8,10,17H2,1-2H3,(H,18,19). The number of hydrogen-bond acceptors (Lipinski definition) is 3. The molecule has 5 heteroatoms. The topological polar surface area (TPSA) is 64.3 Å². The molecule has 3 N–H and O–H groups in total. The molecule has 0 saturated heterocycles. The van der Waals surface area contributed by atoms with Gasteiger partial charge in [-0.2, -0.15) is 0 Å². The molecule has 0 fully saturated rings. The van der Waals surface area contributed by atoms with Crippen molar-refractivity contribution in [2.75, 3.05) is 24.3 Å². The van der Waals surface area contributed by atoms with E-state index in [1.807, 2.05) is 0 Å². The van der Waals surface area contributed by atoms with Crippen molar-refractivity contribution >= 4 is 28.9 Å². The van der Waals surface area contributed by atoms with Crippen LogP contribution in [0, 0.1) is 5.92 Å². The van der Waals surface area contributed by atoms with E-state index in [2.05, 4.69) is 19.2 Å². The first kappa shape index (κ1) is 16.8. The Labute approximate surface area is 125 Å². The highest BCUT2D eigenvalue weighted by atomic mass is 35.5. The molecular formula is C15H23ClN2O2. The number of hydrogen-bond donors (Lipinski definition) is 2. The summed E-state index contributed by atoms with van der Waals surface area (Å²) in [6.45, 7) is 5.43. The molecule has 0 radical (unpaired) electrons. The first-order valence-corrected chi connectivity index (χ1v) is 7.33. The Balaban J connectivity index is 2.26. The predicted octanol–water partition coefficient (Wildman–Crippen LogP) is 3.70. The molecule has 0 spiro atoms. The summed E-state index contributed by atoms with van der Waals surface area (Å²) in [5.41, 5.74) is 6.81. The van der Waals surface area contributed by atoms with Crippen LogP contribution in [0.4, 0.5) is 11.4 Å². The molecule has 1 aromatic rings. The van der Waals surface area contributed by atoms with Gasteiger partial charge in [0, 0.05) is 11.6 Å². The van der Waals surface area contributed by atoms with Crippen molar-refractivity contribution in [3.63, 3.8) is 0 Å². The summed E-state index contributed by atoms with van der Waals surface area (Å²) in [5.74, 6) is 0.428. The monoisotopic (exact) mass is 298 g/mol. The highest BCUT2D eigenvalue weighted by molar-refractivity contribution is 6.31. The molecule has 0 aliphatic carbocycles. The lowest BCUT2D eigenvalue weighted by atomic mass is 10.1. The number of benzene rings is 1. The smallest absolute Gasteiger partial charge is 0.226 e. The second kappa shape index (κ2) is 8.82. The first-order chi connectivity index (χ1) is 9.52. The van der Waals surface area contributed by atoms with Gasteiger partial charge in [-0.15, -0.1) is 0 Å². The van der Waals surface area contributed by atoms with Crippen LogP contribution >= 0.6 is 11.6 Å². The number of amides is 1. The average Bonchev–Trinajstić information content (AvgIpc) is 2.38. The Morgan fingerprint density at radius 1 is 1.50 bits per heavy atom. The van der Waals surface area contributed by atoms with Gasteiger partial charge in [-0.1, -0.05) is 31.9 Å². The third-order valence-corrected chi connectivity index (χ3v) is 3.18. The number of anilines is 2. The van der Waals surface area contributed by atoms with E-state index in [0.29, 0.717) is 41.9 Å². The summed E-state index contributed by atoms with van der Waals surface area (Å²) in [4.78, 5) is 11.7.